The van der Waals surface area contributed by atoms with Crippen LogP contribution in [0.1, 0.15) is 12.5 Å². The predicted molar refractivity (Wildman–Crippen MR) is 66.6 cm³/mol. The van der Waals surface area contributed by atoms with Crippen LogP contribution in [0.2, 0.25) is 0 Å². The highest BCUT2D eigenvalue weighted by Crippen LogP contribution is 2.22. The fraction of sp³-hybridized carbons (Fsp3) is 0.545. The predicted octanol–water partition coefficient (Wildman–Crippen LogP) is 1.11. The number of hydrogen-bond acceptors (Lipinski definition) is 6. The molecule has 1 aromatic rings. The van der Waals surface area contributed by atoms with Crippen molar-refractivity contribution in [1.82, 2.24) is 4.98 Å². The Morgan fingerprint density at radius 3 is 3.00 bits per heavy atom. The molecular formula is C11H17N3O4. The zero-order valence-corrected chi connectivity index (χ0v) is 10.4. The van der Waals surface area contributed by atoms with E-state index in [2.05, 4.69) is 10.3 Å². The number of aryl methyl sites for hydroxylation is 1. The van der Waals surface area contributed by atoms with E-state index in [1.807, 2.05) is 6.92 Å². The van der Waals surface area contributed by atoms with Crippen LogP contribution in [0, 0.1) is 17.0 Å². The molecule has 0 aliphatic rings. The summed E-state index contributed by atoms with van der Waals surface area (Å²) in [4.78, 5) is 14.3. The van der Waals surface area contributed by atoms with Crippen molar-refractivity contribution in [3.8, 4) is 0 Å². The Hall–Kier alpha value is -1.73. The molecule has 7 nitrogen and oxygen atoms in total. The van der Waals surface area contributed by atoms with Crippen molar-refractivity contribution >= 4 is 11.5 Å². The van der Waals surface area contributed by atoms with Gasteiger partial charge in [0.25, 0.3) is 0 Å². The van der Waals surface area contributed by atoms with Gasteiger partial charge in [-0.1, -0.05) is 0 Å². The van der Waals surface area contributed by atoms with Crippen LogP contribution in [-0.4, -0.2) is 40.9 Å². The zero-order chi connectivity index (χ0) is 13.5. The monoisotopic (exact) mass is 255 g/mol. The number of aliphatic hydroxyl groups is 1. The average Bonchev–Trinajstić information content (AvgIpc) is 2.34. The van der Waals surface area contributed by atoms with Gasteiger partial charge in [0.2, 0.25) is 5.82 Å². The number of rotatable bonds is 7. The number of nitrogens with one attached hydrogen (secondary N) is 1. The summed E-state index contributed by atoms with van der Waals surface area (Å²) >= 11 is 0. The van der Waals surface area contributed by atoms with Crippen LogP contribution in [0.5, 0.6) is 0 Å². The largest absolute Gasteiger partial charge is 0.389 e. The van der Waals surface area contributed by atoms with Crippen LogP contribution >= 0.6 is 0 Å². The van der Waals surface area contributed by atoms with Gasteiger partial charge in [-0.05, 0) is 19.4 Å². The number of nitrogens with zero attached hydrogens (tertiary/aromatic N) is 2. The summed E-state index contributed by atoms with van der Waals surface area (Å²) in [5.41, 5.74) is 0.612. The van der Waals surface area contributed by atoms with Crippen molar-refractivity contribution in [2.45, 2.75) is 20.0 Å². The fourth-order valence-electron chi connectivity index (χ4n) is 1.36. The van der Waals surface area contributed by atoms with Crippen LogP contribution < -0.4 is 5.32 Å². The lowest BCUT2D eigenvalue weighted by Crippen LogP contribution is -2.25. The van der Waals surface area contributed by atoms with Crippen molar-refractivity contribution < 1.29 is 14.8 Å². The van der Waals surface area contributed by atoms with Gasteiger partial charge in [0.05, 0.1) is 17.6 Å². The number of nitro groups is 1. The fourth-order valence-corrected chi connectivity index (χ4v) is 1.36. The molecule has 1 unspecified atom stereocenters. The second-order valence-electron chi connectivity index (χ2n) is 3.83. The number of ether oxygens (including phenoxy) is 1. The molecule has 2 N–H and O–H groups in total. The smallest absolute Gasteiger partial charge is 0.311 e. The van der Waals surface area contributed by atoms with Crippen LogP contribution in [0.3, 0.4) is 0 Å². The molecular weight excluding hydrogens is 238 g/mol. The third-order valence-corrected chi connectivity index (χ3v) is 2.22. The van der Waals surface area contributed by atoms with Crippen molar-refractivity contribution in [2.75, 3.05) is 25.1 Å². The molecule has 7 heteroatoms. The molecule has 0 spiro atoms. The van der Waals surface area contributed by atoms with Gasteiger partial charge >= 0.3 is 5.69 Å². The molecule has 1 heterocycles. The number of hydrogen-bond donors (Lipinski definition) is 2. The van der Waals surface area contributed by atoms with Gasteiger partial charge < -0.3 is 15.2 Å². The van der Waals surface area contributed by atoms with Gasteiger partial charge in [-0.2, -0.15) is 0 Å². The van der Waals surface area contributed by atoms with Gasteiger partial charge in [0, 0.05) is 25.4 Å². The van der Waals surface area contributed by atoms with Crippen molar-refractivity contribution in [2.24, 2.45) is 0 Å². The van der Waals surface area contributed by atoms with E-state index in [-0.39, 0.29) is 24.7 Å². The first kappa shape index (κ1) is 14.3. The van der Waals surface area contributed by atoms with E-state index in [0.717, 1.165) is 0 Å². The first-order valence-corrected chi connectivity index (χ1v) is 5.65. The SMILES string of the molecule is CCOCC(O)CNc1ncc(C)cc1[N+](=O)[O-]. The quantitative estimate of drug-likeness (QED) is 0.559. The third-order valence-electron chi connectivity index (χ3n) is 2.22. The molecule has 0 saturated heterocycles. The van der Waals surface area contributed by atoms with Gasteiger partial charge in [-0.3, -0.25) is 10.1 Å². The molecule has 0 bridgehead atoms. The standard InChI is InChI=1S/C11H17N3O4/c1-3-18-7-9(15)6-13-11-10(14(16)17)4-8(2)5-12-11/h4-5,9,15H,3,6-7H2,1-2H3,(H,12,13). The first-order chi connectivity index (χ1) is 8.54. The van der Waals surface area contributed by atoms with Gasteiger partial charge in [0.15, 0.2) is 0 Å². The normalized spacial score (nSPS) is 12.2. The lowest BCUT2D eigenvalue weighted by atomic mass is 10.3. The summed E-state index contributed by atoms with van der Waals surface area (Å²) in [6.07, 6.45) is 0.803. The Morgan fingerprint density at radius 2 is 2.39 bits per heavy atom. The second kappa shape index (κ2) is 6.87. The molecule has 0 aliphatic carbocycles. The van der Waals surface area contributed by atoms with Gasteiger partial charge in [0.1, 0.15) is 0 Å². The molecule has 18 heavy (non-hydrogen) atoms. The van der Waals surface area contributed by atoms with E-state index in [1.165, 1.54) is 12.3 Å². The van der Waals surface area contributed by atoms with Crippen LogP contribution in [-0.2, 0) is 4.74 Å². The Kier molecular flexibility index (Phi) is 5.47. The number of aromatic nitrogens is 1. The van der Waals surface area contributed by atoms with E-state index in [1.54, 1.807) is 6.92 Å². The number of pyridine rings is 1. The van der Waals surface area contributed by atoms with Crippen molar-refractivity contribution in [3.05, 3.63) is 27.9 Å². The minimum Gasteiger partial charge on any atom is -0.389 e. The van der Waals surface area contributed by atoms with Crippen molar-refractivity contribution in [3.63, 3.8) is 0 Å². The summed E-state index contributed by atoms with van der Waals surface area (Å²) in [7, 11) is 0. The highest BCUT2D eigenvalue weighted by molar-refractivity contribution is 5.56. The Labute approximate surface area is 105 Å². The third kappa shape index (κ3) is 4.27. The maximum atomic E-state index is 10.8. The lowest BCUT2D eigenvalue weighted by Gasteiger charge is -2.12. The Bertz CT molecular complexity index is 411. The Morgan fingerprint density at radius 1 is 1.67 bits per heavy atom. The molecule has 0 fully saturated rings. The molecule has 0 saturated carbocycles. The molecule has 1 atom stereocenters. The van der Waals surface area contributed by atoms with E-state index in [4.69, 9.17) is 4.74 Å². The summed E-state index contributed by atoms with van der Waals surface area (Å²) in [5.74, 6) is 0.154. The molecule has 1 rings (SSSR count). The number of anilines is 1. The van der Waals surface area contributed by atoms with Gasteiger partial charge in [-0.15, -0.1) is 0 Å². The molecule has 0 radical (unpaired) electrons. The summed E-state index contributed by atoms with van der Waals surface area (Å²) < 4.78 is 5.04. The lowest BCUT2D eigenvalue weighted by molar-refractivity contribution is -0.384. The zero-order valence-electron chi connectivity index (χ0n) is 10.4. The summed E-state index contributed by atoms with van der Waals surface area (Å²) in [6, 6.07) is 1.43. The molecule has 100 valence electrons. The molecule has 0 amide bonds. The number of aliphatic hydroxyl groups excluding tert-OH is 1. The highest BCUT2D eigenvalue weighted by Gasteiger charge is 2.16. The van der Waals surface area contributed by atoms with E-state index >= 15 is 0 Å². The van der Waals surface area contributed by atoms with Crippen LogP contribution in [0.4, 0.5) is 11.5 Å². The first-order valence-electron chi connectivity index (χ1n) is 5.65. The molecule has 0 aromatic carbocycles. The highest BCUT2D eigenvalue weighted by atomic mass is 16.6. The van der Waals surface area contributed by atoms with E-state index in [9.17, 15) is 15.2 Å². The minimum atomic E-state index is -0.729. The van der Waals surface area contributed by atoms with Gasteiger partial charge in [-0.25, -0.2) is 4.98 Å². The topological polar surface area (TPSA) is 97.5 Å². The summed E-state index contributed by atoms with van der Waals surface area (Å²) in [6.45, 7) is 4.40. The van der Waals surface area contributed by atoms with Crippen LogP contribution in [0.25, 0.3) is 0 Å². The van der Waals surface area contributed by atoms with E-state index in [0.29, 0.717) is 12.2 Å². The maximum Gasteiger partial charge on any atom is 0.311 e. The Balaban J connectivity index is 2.64. The van der Waals surface area contributed by atoms with E-state index < -0.39 is 11.0 Å². The second-order valence-corrected chi connectivity index (χ2v) is 3.83. The van der Waals surface area contributed by atoms with Crippen LogP contribution in [0.15, 0.2) is 12.3 Å². The molecule has 0 aliphatic heterocycles. The maximum absolute atomic E-state index is 10.8. The van der Waals surface area contributed by atoms with Crippen molar-refractivity contribution in [1.29, 1.82) is 0 Å². The minimum absolute atomic E-state index is 0.0985. The molecule has 1 aromatic heterocycles. The summed E-state index contributed by atoms with van der Waals surface area (Å²) in [5, 5.41) is 23.1. The average molecular weight is 255 g/mol.